The van der Waals surface area contributed by atoms with Crippen molar-refractivity contribution in [1.29, 1.82) is 0 Å². The first kappa shape index (κ1) is 37.8. The lowest BCUT2D eigenvalue weighted by molar-refractivity contribution is -0.126. The summed E-state index contributed by atoms with van der Waals surface area (Å²) in [5.41, 5.74) is 0. The minimum absolute atomic E-state index is 0.0691. The highest BCUT2D eigenvalue weighted by Crippen LogP contribution is 2.19. The van der Waals surface area contributed by atoms with E-state index in [4.69, 9.17) is 18.9 Å². The molecule has 0 saturated heterocycles. The monoisotopic (exact) mass is 558 g/mol. The Hall–Kier alpha value is -1.22. The van der Waals surface area contributed by atoms with E-state index in [0.717, 1.165) is 64.5 Å². The largest absolute Gasteiger partial charge is 0.379 e. The highest BCUT2D eigenvalue weighted by atomic mass is 16.5. The molecule has 0 aromatic heterocycles. The third-order valence-corrected chi connectivity index (χ3v) is 6.75. The second-order valence-electron chi connectivity index (χ2n) is 10.4. The summed E-state index contributed by atoms with van der Waals surface area (Å²) < 4.78 is 21.5. The highest BCUT2D eigenvalue weighted by Gasteiger charge is 2.17. The molecule has 0 aliphatic heterocycles. The third-order valence-electron chi connectivity index (χ3n) is 6.75. The standard InChI is InChI=1S/C31H62N2O6/c1-4-6-8-12-18-29(19-13-9-7-5-2)31(35)33-21-15-11-17-23-38-25-27-39-26-24-37-22-16-10-14-20-32-30(34)28-36-3/h29H,4-28H2,1-3H3,(H,32,34)(H,33,35). The van der Waals surface area contributed by atoms with Crippen LogP contribution >= 0.6 is 0 Å². The molecule has 0 rings (SSSR count). The second kappa shape index (κ2) is 31.3. The average molecular weight is 559 g/mol. The first-order valence-electron chi connectivity index (χ1n) is 15.9. The molecular formula is C31H62N2O6. The molecule has 8 heteroatoms. The fraction of sp³-hybridized carbons (Fsp3) is 0.935. The lowest BCUT2D eigenvalue weighted by atomic mass is 9.93. The minimum Gasteiger partial charge on any atom is -0.379 e. The molecule has 0 radical (unpaired) electrons. The highest BCUT2D eigenvalue weighted by molar-refractivity contribution is 5.78. The fourth-order valence-electron chi connectivity index (χ4n) is 4.36. The van der Waals surface area contributed by atoms with Crippen LogP contribution in [0.15, 0.2) is 0 Å². The van der Waals surface area contributed by atoms with Crippen molar-refractivity contribution < 1.29 is 28.5 Å². The number of carbonyl (C=O) groups is 2. The Morgan fingerprint density at radius 2 is 1.03 bits per heavy atom. The molecule has 0 bridgehead atoms. The van der Waals surface area contributed by atoms with Crippen LogP contribution in [0.25, 0.3) is 0 Å². The molecule has 0 atom stereocenters. The van der Waals surface area contributed by atoms with Crippen LogP contribution in [-0.2, 0) is 28.5 Å². The number of nitrogens with one attached hydrogen (secondary N) is 2. The van der Waals surface area contributed by atoms with Crippen molar-refractivity contribution in [3.63, 3.8) is 0 Å². The lowest BCUT2D eigenvalue weighted by Crippen LogP contribution is -2.31. The number of amides is 2. The van der Waals surface area contributed by atoms with Gasteiger partial charge < -0.3 is 29.6 Å². The molecule has 0 unspecified atom stereocenters. The van der Waals surface area contributed by atoms with E-state index in [0.29, 0.717) is 39.6 Å². The molecule has 0 spiro atoms. The van der Waals surface area contributed by atoms with Crippen molar-refractivity contribution in [3.8, 4) is 0 Å². The van der Waals surface area contributed by atoms with Crippen molar-refractivity contribution in [2.24, 2.45) is 5.92 Å². The molecule has 0 aromatic carbocycles. The maximum Gasteiger partial charge on any atom is 0.245 e. The van der Waals surface area contributed by atoms with Crippen molar-refractivity contribution in [2.45, 2.75) is 117 Å². The van der Waals surface area contributed by atoms with Crippen LogP contribution in [0.4, 0.5) is 0 Å². The summed E-state index contributed by atoms with van der Waals surface area (Å²) in [6, 6.07) is 0. The van der Waals surface area contributed by atoms with Crippen molar-refractivity contribution in [2.75, 3.05) is 66.4 Å². The summed E-state index contributed by atoms with van der Waals surface area (Å²) in [5.74, 6) is 0.392. The van der Waals surface area contributed by atoms with Crippen molar-refractivity contribution in [1.82, 2.24) is 10.6 Å². The van der Waals surface area contributed by atoms with Gasteiger partial charge in [-0.05, 0) is 51.4 Å². The van der Waals surface area contributed by atoms with Gasteiger partial charge in [-0.25, -0.2) is 0 Å². The maximum atomic E-state index is 12.7. The number of unbranched alkanes of at least 4 members (excludes halogenated alkanes) is 10. The topological polar surface area (TPSA) is 95.1 Å². The van der Waals surface area contributed by atoms with Crippen molar-refractivity contribution in [3.05, 3.63) is 0 Å². The SMILES string of the molecule is CCCCCCC(CCCCCC)C(=O)NCCCCCOCCOCCOCCCCCNC(=O)COC. The van der Waals surface area contributed by atoms with Gasteiger partial charge in [0, 0.05) is 39.3 Å². The number of hydrogen-bond donors (Lipinski definition) is 2. The Bertz CT molecular complexity index is 523. The summed E-state index contributed by atoms with van der Waals surface area (Å²) in [5, 5.41) is 6.00. The van der Waals surface area contributed by atoms with Crippen LogP contribution in [0.1, 0.15) is 117 Å². The molecule has 0 aliphatic rings. The van der Waals surface area contributed by atoms with Crippen LogP contribution < -0.4 is 10.6 Å². The zero-order chi connectivity index (χ0) is 28.7. The van der Waals surface area contributed by atoms with Gasteiger partial charge in [-0.15, -0.1) is 0 Å². The van der Waals surface area contributed by atoms with Gasteiger partial charge in [0.1, 0.15) is 6.61 Å². The van der Waals surface area contributed by atoms with Gasteiger partial charge in [0.05, 0.1) is 26.4 Å². The first-order valence-corrected chi connectivity index (χ1v) is 15.9. The summed E-state index contributed by atoms with van der Waals surface area (Å²) in [6.07, 6.45) is 17.9. The summed E-state index contributed by atoms with van der Waals surface area (Å²) >= 11 is 0. The number of carbonyl (C=O) groups excluding carboxylic acids is 2. The lowest BCUT2D eigenvalue weighted by Gasteiger charge is -2.17. The van der Waals surface area contributed by atoms with Crippen LogP contribution in [0.2, 0.25) is 0 Å². The summed E-state index contributed by atoms with van der Waals surface area (Å²) in [7, 11) is 1.52. The van der Waals surface area contributed by atoms with E-state index in [1.807, 2.05) is 0 Å². The third kappa shape index (κ3) is 28.1. The summed E-state index contributed by atoms with van der Waals surface area (Å²) in [6.45, 7) is 9.83. The molecule has 0 saturated carbocycles. The van der Waals surface area contributed by atoms with Crippen LogP contribution in [0.5, 0.6) is 0 Å². The molecule has 0 heterocycles. The predicted molar refractivity (Wildman–Crippen MR) is 159 cm³/mol. The van der Waals surface area contributed by atoms with Gasteiger partial charge in [0.25, 0.3) is 0 Å². The van der Waals surface area contributed by atoms with Gasteiger partial charge >= 0.3 is 0 Å². The summed E-state index contributed by atoms with van der Waals surface area (Å²) in [4.78, 5) is 23.9. The fourth-order valence-corrected chi connectivity index (χ4v) is 4.36. The Kier molecular flexibility index (Phi) is 30.3. The van der Waals surface area contributed by atoms with E-state index in [1.165, 1.54) is 58.5 Å². The normalized spacial score (nSPS) is 11.3. The Morgan fingerprint density at radius 1 is 0.564 bits per heavy atom. The molecule has 0 aliphatic carbocycles. The average Bonchev–Trinajstić information content (AvgIpc) is 2.93. The Labute approximate surface area is 240 Å². The molecule has 2 amide bonds. The molecule has 2 N–H and O–H groups in total. The van der Waals surface area contributed by atoms with E-state index in [2.05, 4.69) is 24.5 Å². The Morgan fingerprint density at radius 3 is 1.51 bits per heavy atom. The zero-order valence-electron chi connectivity index (χ0n) is 25.7. The maximum absolute atomic E-state index is 12.7. The number of rotatable bonds is 31. The minimum atomic E-state index is -0.0691. The van der Waals surface area contributed by atoms with E-state index in [1.54, 1.807) is 0 Å². The smallest absolute Gasteiger partial charge is 0.245 e. The van der Waals surface area contributed by atoms with Gasteiger partial charge in [-0.3, -0.25) is 9.59 Å². The number of methoxy groups -OCH3 is 1. The predicted octanol–water partition coefficient (Wildman–Crippen LogP) is 5.81. The number of hydrogen-bond acceptors (Lipinski definition) is 6. The van der Waals surface area contributed by atoms with Crippen LogP contribution in [-0.4, -0.2) is 78.3 Å². The van der Waals surface area contributed by atoms with E-state index >= 15 is 0 Å². The molecule has 0 aromatic rings. The van der Waals surface area contributed by atoms with Gasteiger partial charge in [-0.1, -0.05) is 65.2 Å². The molecule has 39 heavy (non-hydrogen) atoms. The van der Waals surface area contributed by atoms with E-state index in [-0.39, 0.29) is 24.3 Å². The Balaban J connectivity index is 3.51. The van der Waals surface area contributed by atoms with Gasteiger partial charge in [0.2, 0.25) is 11.8 Å². The van der Waals surface area contributed by atoms with E-state index in [9.17, 15) is 9.59 Å². The molecule has 0 fully saturated rings. The van der Waals surface area contributed by atoms with Crippen LogP contribution in [0.3, 0.4) is 0 Å². The molecule has 8 nitrogen and oxygen atoms in total. The second-order valence-corrected chi connectivity index (χ2v) is 10.4. The van der Waals surface area contributed by atoms with Crippen molar-refractivity contribution >= 4 is 11.8 Å². The quantitative estimate of drug-likeness (QED) is 0.104. The van der Waals surface area contributed by atoms with Gasteiger partial charge in [-0.2, -0.15) is 0 Å². The van der Waals surface area contributed by atoms with Crippen LogP contribution in [0, 0.1) is 5.92 Å². The number of ether oxygens (including phenoxy) is 4. The molecular weight excluding hydrogens is 496 g/mol. The van der Waals surface area contributed by atoms with Gasteiger partial charge in [0.15, 0.2) is 0 Å². The molecule has 232 valence electrons. The first-order chi connectivity index (χ1) is 19.2. The van der Waals surface area contributed by atoms with E-state index < -0.39 is 0 Å². The zero-order valence-corrected chi connectivity index (χ0v) is 25.7.